The molecule has 2 amide bonds. The van der Waals surface area contributed by atoms with Gasteiger partial charge in [0, 0.05) is 10.0 Å². The first kappa shape index (κ1) is 24.1. The Morgan fingerprint density at radius 3 is 2.19 bits per heavy atom. The Bertz CT molecular complexity index is 953. The number of hydrogen-bond donors (Lipinski definition) is 3. The van der Waals surface area contributed by atoms with E-state index in [2.05, 4.69) is 26.6 Å². The van der Waals surface area contributed by atoms with Crippen LogP contribution in [0.5, 0.6) is 5.75 Å². The van der Waals surface area contributed by atoms with E-state index in [0.29, 0.717) is 16.9 Å². The van der Waals surface area contributed by atoms with Gasteiger partial charge in [0.15, 0.2) is 0 Å². The second kappa shape index (κ2) is 11.3. The molecule has 0 saturated heterocycles. The van der Waals surface area contributed by atoms with Crippen LogP contribution in [0.15, 0.2) is 58.7 Å². The van der Waals surface area contributed by atoms with Crippen molar-refractivity contribution in [3.05, 3.63) is 69.8 Å². The highest BCUT2D eigenvalue weighted by molar-refractivity contribution is 9.10. The predicted molar refractivity (Wildman–Crippen MR) is 122 cm³/mol. The lowest BCUT2D eigenvalue weighted by atomic mass is 10.0. The molecule has 0 aliphatic carbocycles. The Kier molecular flexibility index (Phi) is 8.81. The lowest BCUT2D eigenvalue weighted by molar-refractivity contribution is -0.141. The van der Waals surface area contributed by atoms with Gasteiger partial charge < -0.3 is 20.5 Å². The molecule has 2 aromatic rings. The maximum Gasteiger partial charge on any atom is 0.326 e. The molecule has 0 aromatic heterocycles. The summed E-state index contributed by atoms with van der Waals surface area (Å²) >= 11 is 3.35. The lowest BCUT2D eigenvalue weighted by Gasteiger charge is -2.18. The lowest BCUT2D eigenvalue weighted by Crippen LogP contribution is -2.45. The fourth-order valence-corrected chi connectivity index (χ4v) is 3.01. The summed E-state index contributed by atoms with van der Waals surface area (Å²) in [7, 11) is 1.52. The number of nitrogens with one attached hydrogen (secondary N) is 2. The molecule has 8 heteroatoms. The van der Waals surface area contributed by atoms with E-state index < -0.39 is 23.8 Å². The summed E-state index contributed by atoms with van der Waals surface area (Å²) in [6.07, 6.45) is 1.76. The number of methoxy groups -OCH3 is 1. The van der Waals surface area contributed by atoms with Crippen molar-refractivity contribution in [3.8, 4) is 5.75 Å². The highest BCUT2D eigenvalue weighted by atomic mass is 79.9. The number of carboxylic acid groups (broad SMARTS) is 1. The summed E-state index contributed by atoms with van der Waals surface area (Å²) in [5, 5.41) is 14.5. The molecular weight excluding hydrogens is 464 g/mol. The number of amides is 2. The van der Waals surface area contributed by atoms with Gasteiger partial charge in [0.25, 0.3) is 11.8 Å². The van der Waals surface area contributed by atoms with Crippen molar-refractivity contribution in [2.24, 2.45) is 5.92 Å². The van der Waals surface area contributed by atoms with Crippen LogP contribution >= 0.6 is 15.9 Å². The zero-order chi connectivity index (χ0) is 23.0. The number of carbonyl (C=O) groups excluding carboxylic acids is 2. The molecule has 0 unspecified atom stereocenters. The SMILES string of the molecule is COc1ccc(C(=O)N/C(=C\c2ccc(Br)cc2)C(=O)N[C@@H](CC(C)C)C(=O)O)cc1. The van der Waals surface area contributed by atoms with Gasteiger partial charge in [-0.15, -0.1) is 0 Å². The molecule has 0 bridgehead atoms. The van der Waals surface area contributed by atoms with E-state index in [-0.39, 0.29) is 18.0 Å². The zero-order valence-corrected chi connectivity index (χ0v) is 19.1. The summed E-state index contributed by atoms with van der Waals surface area (Å²) in [4.78, 5) is 37.2. The van der Waals surface area contributed by atoms with Crippen LogP contribution in [-0.4, -0.2) is 36.0 Å². The molecule has 2 rings (SSSR count). The third-order valence-corrected chi connectivity index (χ3v) is 4.87. The van der Waals surface area contributed by atoms with E-state index in [1.165, 1.54) is 13.2 Å². The smallest absolute Gasteiger partial charge is 0.326 e. The van der Waals surface area contributed by atoms with Crippen molar-refractivity contribution in [2.45, 2.75) is 26.3 Å². The highest BCUT2D eigenvalue weighted by Gasteiger charge is 2.24. The first-order valence-electron chi connectivity index (χ1n) is 9.66. The van der Waals surface area contributed by atoms with Gasteiger partial charge in [0.05, 0.1) is 7.11 Å². The molecule has 164 valence electrons. The average Bonchev–Trinajstić information content (AvgIpc) is 2.73. The van der Waals surface area contributed by atoms with Crippen LogP contribution in [0.4, 0.5) is 0 Å². The summed E-state index contributed by atoms with van der Waals surface area (Å²) in [6, 6.07) is 12.5. The van der Waals surface area contributed by atoms with Crippen LogP contribution in [0.3, 0.4) is 0 Å². The molecular formula is C23H25BrN2O5. The van der Waals surface area contributed by atoms with Crippen LogP contribution in [0.25, 0.3) is 6.08 Å². The quantitative estimate of drug-likeness (QED) is 0.465. The van der Waals surface area contributed by atoms with Crippen LogP contribution in [-0.2, 0) is 9.59 Å². The molecule has 0 heterocycles. The summed E-state index contributed by atoms with van der Waals surface area (Å²) in [6.45, 7) is 3.73. The second-order valence-electron chi connectivity index (χ2n) is 7.29. The number of hydrogen-bond acceptors (Lipinski definition) is 4. The molecule has 0 aliphatic rings. The number of ether oxygens (including phenoxy) is 1. The number of aliphatic carboxylic acids is 1. The average molecular weight is 489 g/mol. The van der Waals surface area contributed by atoms with E-state index in [9.17, 15) is 19.5 Å². The summed E-state index contributed by atoms with van der Waals surface area (Å²) in [5.41, 5.74) is 0.935. The van der Waals surface area contributed by atoms with Gasteiger partial charge >= 0.3 is 5.97 Å². The fourth-order valence-electron chi connectivity index (χ4n) is 2.75. The number of carboxylic acids is 1. The maximum atomic E-state index is 12.9. The van der Waals surface area contributed by atoms with Crippen LogP contribution in [0.1, 0.15) is 36.2 Å². The number of benzene rings is 2. The van der Waals surface area contributed by atoms with Crippen molar-refractivity contribution in [2.75, 3.05) is 7.11 Å². The van der Waals surface area contributed by atoms with Crippen molar-refractivity contribution in [1.29, 1.82) is 0 Å². The maximum absolute atomic E-state index is 12.9. The van der Waals surface area contributed by atoms with Gasteiger partial charge in [-0.2, -0.15) is 0 Å². The summed E-state index contributed by atoms with van der Waals surface area (Å²) in [5.74, 6) is -1.66. The van der Waals surface area contributed by atoms with Crippen LogP contribution < -0.4 is 15.4 Å². The van der Waals surface area contributed by atoms with Gasteiger partial charge in [0.2, 0.25) is 0 Å². The second-order valence-corrected chi connectivity index (χ2v) is 8.20. The van der Waals surface area contributed by atoms with E-state index in [0.717, 1.165) is 4.47 Å². The predicted octanol–water partition coefficient (Wildman–Crippen LogP) is 3.84. The van der Waals surface area contributed by atoms with E-state index in [4.69, 9.17) is 4.74 Å². The van der Waals surface area contributed by atoms with Crippen LogP contribution in [0.2, 0.25) is 0 Å². The minimum Gasteiger partial charge on any atom is -0.497 e. The summed E-state index contributed by atoms with van der Waals surface area (Å²) < 4.78 is 5.95. The molecule has 7 nitrogen and oxygen atoms in total. The molecule has 2 aromatic carbocycles. The largest absolute Gasteiger partial charge is 0.497 e. The van der Waals surface area contributed by atoms with Crippen molar-refractivity contribution >= 4 is 39.8 Å². The third kappa shape index (κ3) is 7.57. The highest BCUT2D eigenvalue weighted by Crippen LogP contribution is 2.15. The Hall–Kier alpha value is -3.13. The molecule has 0 radical (unpaired) electrons. The standard InChI is InChI=1S/C23H25BrN2O5/c1-14(2)12-20(23(29)30)26-22(28)19(13-15-4-8-17(24)9-5-15)25-21(27)16-6-10-18(31-3)11-7-16/h4-11,13-14,20H,12H2,1-3H3,(H,25,27)(H,26,28)(H,29,30)/b19-13-/t20-/m0/s1. The molecule has 31 heavy (non-hydrogen) atoms. The third-order valence-electron chi connectivity index (χ3n) is 4.34. The molecule has 1 atom stereocenters. The molecule has 0 fully saturated rings. The van der Waals surface area contributed by atoms with Gasteiger partial charge in [-0.1, -0.05) is 41.9 Å². The molecule has 3 N–H and O–H groups in total. The molecule has 0 spiro atoms. The van der Waals surface area contributed by atoms with Gasteiger partial charge in [0.1, 0.15) is 17.5 Å². The monoisotopic (exact) mass is 488 g/mol. The van der Waals surface area contributed by atoms with E-state index >= 15 is 0 Å². The molecule has 0 aliphatic heterocycles. The van der Waals surface area contributed by atoms with Crippen LogP contribution in [0, 0.1) is 5.92 Å². The van der Waals surface area contributed by atoms with Crippen molar-refractivity contribution in [3.63, 3.8) is 0 Å². The Balaban J connectivity index is 2.30. The Morgan fingerprint density at radius 2 is 1.68 bits per heavy atom. The van der Waals surface area contributed by atoms with Crippen molar-refractivity contribution in [1.82, 2.24) is 10.6 Å². The topological polar surface area (TPSA) is 105 Å². The first-order chi connectivity index (χ1) is 14.7. The first-order valence-corrected chi connectivity index (χ1v) is 10.4. The number of halogens is 1. The van der Waals surface area contributed by atoms with Gasteiger partial charge in [-0.05, 0) is 60.4 Å². The van der Waals surface area contributed by atoms with Gasteiger partial charge in [-0.25, -0.2) is 4.79 Å². The van der Waals surface area contributed by atoms with E-state index in [1.807, 2.05) is 13.8 Å². The Labute approximate surface area is 189 Å². The molecule has 0 saturated carbocycles. The van der Waals surface area contributed by atoms with Crippen molar-refractivity contribution < 1.29 is 24.2 Å². The van der Waals surface area contributed by atoms with E-state index in [1.54, 1.807) is 48.5 Å². The normalized spacial score (nSPS) is 12.2. The van der Waals surface area contributed by atoms with Gasteiger partial charge in [-0.3, -0.25) is 9.59 Å². The zero-order valence-electron chi connectivity index (χ0n) is 17.5. The fraction of sp³-hybridized carbons (Fsp3) is 0.261. The number of carbonyl (C=O) groups is 3. The number of rotatable bonds is 9. The minimum absolute atomic E-state index is 0.0573. The minimum atomic E-state index is -1.13. The Morgan fingerprint density at radius 1 is 1.06 bits per heavy atom.